The van der Waals surface area contributed by atoms with Crippen molar-refractivity contribution in [3.63, 3.8) is 0 Å². The number of nitrogens with zero attached hydrogens (tertiary/aromatic N) is 2. The topological polar surface area (TPSA) is 91.5 Å². The SMILES string of the molecule is COc1c(F)cccc1Nc1c2[nH]c3c1C(=O)NC(C3)[I-]N1CCCC(C1)Oc1cnccc1-2. The van der Waals surface area contributed by atoms with E-state index >= 15 is 0 Å². The second kappa shape index (κ2) is 8.73. The van der Waals surface area contributed by atoms with Gasteiger partial charge in [0.25, 0.3) is 0 Å². The number of para-hydroxylation sites is 1. The van der Waals surface area contributed by atoms with Crippen LogP contribution in [0, 0.1) is 5.82 Å². The number of carbonyl (C=O) groups excluding carboxylic acids is 1. The first-order valence-corrected chi connectivity index (χ1v) is 13.5. The fourth-order valence-electron chi connectivity index (χ4n) is 4.84. The van der Waals surface area contributed by atoms with Gasteiger partial charge in [0, 0.05) is 0 Å². The molecule has 10 heteroatoms. The number of anilines is 2. The Morgan fingerprint density at radius 3 is 3.15 bits per heavy atom. The van der Waals surface area contributed by atoms with Gasteiger partial charge in [-0.2, -0.15) is 0 Å². The van der Waals surface area contributed by atoms with Crippen LogP contribution in [-0.4, -0.2) is 49.3 Å². The second-order valence-electron chi connectivity index (χ2n) is 8.54. The van der Waals surface area contributed by atoms with Crippen molar-refractivity contribution < 1.29 is 40.1 Å². The Kier molecular flexibility index (Phi) is 5.56. The van der Waals surface area contributed by atoms with Gasteiger partial charge < -0.3 is 0 Å². The molecule has 8 nitrogen and oxygen atoms in total. The minimum absolute atomic E-state index is 0.0709. The number of benzene rings is 1. The molecule has 3 atom stereocenters. The number of amides is 1. The van der Waals surface area contributed by atoms with Crippen molar-refractivity contribution in [1.29, 1.82) is 0 Å². The number of methoxy groups -OCH3 is 1. The molecule has 3 N–H and O–H groups in total. The summed E-state index contributed by atoms with van der Waals surface area (Å²) in [6.45, 7) is 1.90. The number of nitrogens with one attached hydrogen (secondary N) is 3. The molecule has 3 aliphatic heterocycles. The minimum atomic E-state index is -0.479. The summed E-state index contributed by atoms with van der Waals surface area (Å²) in [6, 6.07) is 6.57. The van der Waals surface area contributed by atoms with Crippen molar-refractivity contribution in [2.45, 2.75) is 29.4 Å². The number of fused-ring (bicyclic) bond motifs is 6. The number of piperidine rings is 1. The van der Waals surface area contributed by atoms with E-state index in [2.05, 4.69) is 23.7 Å². The molecule has 0 spiro atoms. The van der Waals surface area contributed by atoms with Crippen LogP contribution in [0.25, 0.3) is 11.3 Å². The quantitative estimate of drug-likeness (QED) is 0.182. The molecule has 1 saturated heterocycles. The summed E-state index contributed by atoms with van der Waals surface area (Å²) in [5, 5.41) is 6.53. The Bertz CT molecular complexity index is 1270. The first-order valence-electron chi connectivity index (χ1n) is 11.3. The molecule has 1 fully saturated rings. The molecular weight excluding hydrogens is 552 g/mol. The van der Waals surface area contributed by atoms with Crippen LogP contribution in [0.2, 0.25) is 0 Å². The van der Waals surface area contributed by atoms with Gasteiger partial charge in [-0.05, 0) is 0 Å². The summed E-state index contributed by atoms with van der Waals surface area (Å²) >= 11 is -0.415. The number of pyridine rings is 1. The Morgan fingerprint density at radius 1 is 1.35 bits per heavy atom. The van der Waals surface area contributed by atoms with Gasteiger partial charge in [0.2, 0.25) is 0 Å². The van der Waals surface area contributed by atoms with Crippen LogP contribution >= 0.6 is 0 Å². The second-order valence-corrected chi connectivity index (χ2v) is 12.0. The maximum atomic E-state index is 14.4. The number of halogens is 2. The van der Waals surface area contributed by atoms with Crippen LogP contribution in [0.15, 0.2) is 36.7 Å². The molecule has 3 aromatic rings. The molecule has 1 amide bonds. The number of aromatic nitrogens is 2. The van der Waals surface area contributed by atoms with Gasteiger partial charge in [0.1, 0.15) is 0 Å². The van der Waals surface area contributed by atoms with E-state index < -0.39 is 27.3 Å². The van der Waals surface area contributed by atoms with Crippen molar-refractivity contribution in [1.82, 2.24) is 18.4 Å². The number of aromatic amines is 1. The third-order valence-electron chi connectivity index (χ3n) is 6.34. The number of hydrogen-bond acceptors (Lipinski definition) is 6. The molecule has 0 saturated carbocycles. The van der Waals surface area contributed by atoms with E-state index in [0.29, 0.717) is 22.7 Å². The summed E-state index contributed by atoms with van der Waals surface area (Å²) in [7, 11) is 1.43. The molecule has 3 unspecified atom stereocenters. The van der Waals surface area contributed by atoms with Crippen molar-refractivity contribution in [2.75, 3.05) is 25.5 Å². The predicted octanol–water partition coefficient (Wildman–Crippen LogP) is 0.441. The van der Waals surface area contributed by atoms with Crippen LogP contribution in [0.5, 0.6) is 11.5 Å². The van der Waals surface area contributed by atoms with Crippen LogP contribution in [0.3, 0.4) is 0 Å². The van der Waals surface area contributed by atoms with Crippen LogP contribution < -0.4 is 41.6 Å². The molecule has 0 aliphatic carbocycles. The van der Waals surface area contributed by atoms with Gasteiger partial charge in [-0.15, -0.1) is 0 Å². The number of rotatable bonds is 3. The molecular formula is C24H24FIN5O3-. The van der Waals surface area contributed by atoms with Gasteiger partial charge in [-0.25, -0.2) is 0 Å². The fourth-order valence-corrected chi connectivity index (χ4v) is 8.14. The normalized spacial score (nSPS) is 23.4. The predicted molar refractivity (Wildman–Crippen MR) is 120 cm³/mol. The summed E-state index contributed by atoms with van der Waals surface area (Å²) in [4.78, 5) is 21.2. The average Bonchev–Trinajstić information content (AvgIpc) is 3.18. The molecule has 3 aliphatic rings. The fraction of sp³-hybridized carbons (Fsp3) is 0.333. The van der Waals surface area contributed by atoms with Gasteiger partial charge in [0.15, 0.2) is 0 Å². The van der Waals surface area contributed by atoms with Crippen molar-refractivity contribution in [2.24, 2.45) is 0 Å². The van der Waals surface area contributed by atoms with Gasteiger partial charge in [-0.3, -0.25) is 0 Å². The van der Waals surface area contributed by atoms with E-state index in [4.69, 9.17) is 9.47 Å². The van der Waals surface area contributed by atoms with Crippen molar-refractivity contribution in [3.05, 3.63) is 53.7 Å². The zero-order valence-corrected chi connectivity index (χ0v) is 20.7. The maximum absolute atomic E-state index is 14.4. The number of carbonyl (C=O) groups is 1. The third kappa shape index (κ3) is 3.78. The molecule has 5 heterocycles. The zero-order chi connectivity index (χ0) is 23.2. The standard InChI is InChI=1S/C24H24FIN5O3/c1-33-23-15(25)5-2-6-16(23)28-22-20-17-10-19(30-24(20)32)26-31-9-3-4-13(12-31)34-18-11-27-8-7-14(18)21(22)29-17/h2,5-8,11,13,19,28-29H,3-4,9-10,12H2,1H3,(H,30,32)/q-1. The van der Waals surface area contributed by atoms with E-state index in [9.17, 15) is 9.18 Å². The number of H-pyrrole nitrogens is 1. The van der Waals surface area contributed by atoms with E-state index in [0.717, 1.165) is 49.3 Å². The summed E-state index contributed by atoms with van der Waals surface area (Å²) in [5.74, 6) is 0.149. The molecule has 1 aromatic carbocycles. The Morgan fingerprint density at radius 2 is 2.26 bits per heavy atom. The monoisotopic (exact) mass is 576 g/mol. The summed E-state index contributed by atoms with van der Waals surface area (Å²) in [6.07, 6.45) is 6.29. The molecule has 5 bridgehead atoms. The molecule has 6 rings (SSSR count). The van der Waals surface area contributed by atoms with Crippen LogP contribution in [0.4, 0.5) is 15.8 Å². The Labute approximate surface area is 206 Å². The van der Waals surface area contributed by atoms with E-state index in [1.54, 1.807) is 24.5 Å². The van der Waals surface area contributed by atoms with Crippen LogP contribution in [0.1, 0.15) is 28.9 Å². The van der Waals surface area contributed by atoms with E-state index in [1.165, 1.54) is 13.2 Å². The Hall–Kier alpha value is -2.86. The number of ether oxygens (including phenoxy) is 2. The Balaban J connectivity index is 1.54. The molecule has 178 valence electrons. The van der Waals surface area contributed by atoms with Crippen molar-refractivity contribution >= 4 is 17.3 Å². The molecule has 0 radical (unpaired) electrons. The summed E-state index contributed by atoms with van der Waals surface area (Å²) < 4.78 is 28.8. The third-order valence-corrected chi connectivity index (χ3v) is 9.43. The molecule has 34 heavy (non-hydrogen) atoms. The van der Waals surface area contributed by atoms with Gasteiger partial charge >= 0.3 is 207 Å². The van der Waals surface area contributed by atoms with Gasteiger partial charge in [0.05, 0.1) is 0 Å². The average molecular weight is 576 g/mol. The van der Waals surface area contributed by atoms with E-state index in [1.807, 2.05) is 6.07 Å². The molecule has 2 aromatic heterocycles. The van der Waals surface area contributed by atoms with Crippen LogP contribution in [-0.2, 0) is 6.42 Å². The zero-order valence-electron chi connectivity index (χ0n) is 18.5. The van der Waals surface area contributed by atoms with Crippen molar-refractivity contribution in [3.8, 4) is 22.8 Å². The number of alkyl halides is 1. The van der Waals surface area contributed by atoms with E-state index in [-0.39, 0.29) is 21.8 Å². The summed E-state index contributed by atoms with van der Waals surface area (Å²) in [5.41, 5.74) is 3.96. The van der Waals surface area contributed by atoms with Gasteiger partial charge in [-0.1, -0.05) is 0 Å². The first-order chi connectivity index (χ1) is 16.6. The first kappa shape index (κ1) is 21.7. The number of hydrogen-bond donors (Lipinski definition) is 3.